The number of benzene rings is 8. The van der Waals surface area contributed by atoms with E-state index in [1.54, 1.807) is 12.1 Å². The van der Waals surface area contributed by atoms with Gasteiger partial charge in [-0.1, -0.05) is 60.7 Å². The lowest BCUT2D eigenvalue weighted by molar-refractivity contribution is 0.0678. The summed E-state index contributed by atoms with van der Waals surface area (Å²) in [5, 5.41) is 32.0. The number of hydrogen-bond donors (Lipinski definition) is 0. The predicted molar refractivity (Wildman–Crippen MR) is 297 cm³/mol. The number of amides is 4. The van der Waals surface area contributed by atoms with Crippen LogP contribution in [0.4, 0.5) is 11.4 Å². The summed E-state index contributed by atoms with van der Waals surface area (Å²) in [6, 6.07) is 51.7. The lowest BCUT2D eigenvalue weighted by atomic mass is 9.83. The van der Waals surface area contributed by atoms with Gasteiger partial charge in [0.2, 0.25) is 0 Å². The third-order valence-electron chi connectivity index (χ3n) is 16.0. The van der Waals surface area contributed by atoms with E-state index in [0.717, 1.165) is 104 Å². The molecular weight excluding hydrogens is 955 g/mol. The first-order chi connectivity index (χ1) is 37.3. The fourth-order valence-electron chi connectivity index (χ4n) is 12.3. The van der Waals surface area contributed by atoms with Crippen LogP contribution in [-0.4, -0.2) is 58.1 Å². The van der Waals surface area contributed by atoms with E-state index in [4.69, 9.17) is 0 Å². The fraction of sp³-hybridized carbons (Fsp3) is 0.106. The second-order valence-corrected chi connectivity index (χ2v) is 20.3. The summed E-state index contributed by atoms with van der Waals surface area (Å²) in [6.07, 6.45) is 6.39. The van der Waals surface area contributed by atoms with E-state index < -0.39 is 0 Å². The van der Waals surface area contributed by atoms with Crippen LogP contribution in [0.15, 0.2) is 158 Å². The molecule has 366 valence electrons. The van der Waals surface area contributed by atoms with Gasteiger partial charge in [0.25, 0.3) is 23.6 Å². The van der Waals surface area contributed by atoms with Crippen LogP contribution >= 0.6 is 0 Å². The minimum absolute atomic E-state index is 0.251. The highest BCUT2D eigenvalue weighted by atomic mass is 16.2. The third-order valence-corrected chi connectivity index (χ3v) is 16.0. The van der Waals surface area contributed by atoms with Crippen molar-refractivity contribution in [2.45, 2.75) is 32.7 Å². The monoisotopic (exact) mass is 997 g/mol. The minimum Gasteiger partial charge on any atom is -0.333 e. The average molecular weight is 998 g/mol. The quantitative estimate of drug-likeness (QED) is 0.149. The van der Waals surface area contributed by atoms with Gasteiger partial charge in [-0.3, -0.25) is 29.0 Å². The van der Waals surface area contributed by atoms with E-state index in [1.807, 2.05) is 99.6 Å². The van der Waals surface area contributed by atoms with E-state index in [9.17, 15) is 35.0 Å². The number of carbonyl (C=O) groups excluding carboxylic acids is 4. The Kier molecular flexibility index (Phi) is 10.3. The summed E-state index contributed by atoms with van der Waals surface area (Å²) in [4.78, 5) is 58.7. The van der Waals surface area contributed by atoms with Crippen molar-refractivity contribution in [3.8, 4) is 57.3 Å². The SMILES string of the molecule is Cc1cc(C#N)ccc1-c1ccc2c(c1)C1C=C(c3cc(-c4ccc5c(c4)c4cc(-c6ccc(C#N)cc6C)ccc4n5-c4cccc5c4C(=O)N(C)C5=O)c(C)cc3C#N)C=CC1N2c1cccc2c1C(=O)N(C)C2=O. The second-order valence-electron chi connectivity index (χ2n) is 20.3. The van der Waals surface area contributed by atoms with Crippen LogP contribution in [0.1, 0.15) is 91.9 Å². The summed E-state index contributed by atoms with van der Waals surface area (Å²) in [5.41, 5.74) is 18.0. The Balaban J connectivity index is 0.973. The highest BCUT2D eigenvalue weighted by Gasteiger charge is 2.44. The fourth-order valence-corrected chi connectivity index (χ4v) is 12.3. The Labute approximate surface area is 443 Å². The van der Waals surface area contributed by atoms with Gasteiger partial charge in [-0.15, -0.1) is 0 Å². The number of rotatable bonds is 6. The van der Waals surface area contributed by atoms with Crippen LogP contribution in [0.2, 0.25) is 0 Å². The van der Waals surface area contributed by atoms with Crippen LogP contribution in [0.3, 0.4) is 0 Å². The number of nitriles is 3. The first-order valence-corrected chi connectivity index (χ1v) is 25.2. The first-order valence-electron chi connectivity index (χ1n) is 25.2. The molecule has 4 amide bonds. The normalized spacial score (nSPS) is 16.1. The molecule has 0 saturated heterocycles. The van der Waals surface area contributed by atoms with Crippen molar-refractivity contribution in [3.63, 3.8) is 0 Å². The molecule has 11 nitrogen and oxygen atoms in total. The maximum absolute atomic E-state index is 13.8. The molecule has 0 N–H and O–H groups in total. The number of aromatic nitrogens is 1. The van der Waals surface area contributed by atoms with Gasteiger partial charge in [0.15, 0.2) is 0 Å². The van der Waals surface area contributed by atoms with E-state index >= 15 is 0 Å². The number of aryl methyl sites for hydroxylation is 3. The number of nitrogens with zero attached hydrogens (tertiary/aromatic N) is 7. The summed E-state index contributed by atoms with van der Waals surface area (Å²) in [5.74, 6) is -1.67. The molecule has 0 saturated carbocycles. The molecule has 77 heavy (non-hydrogen) atoms. The number of allylic oxidation sites excluding steroid dienone is 2. The van der Waals surface area contributed by atoms with Gasteiger partial charge in [0.05, 0.1) is 85.6 Å². The summed E-state index contributed by atoms with van der Waals surface area (Å²) in [7, 11) is 3.01. The van der Waals surface area contributed by atoms with Crippen molar-refractivity contribution in [1.29, 1.82) is 15.8 Å². The zero-order valence-corrected chi connectivity index (χ0v) is 42.4. The smallest absolute Gasteiger partial charge is 0.263 e. The van der Waals surface area contributed by atoms with Crippen molar-refractivity contribution in [2.75, 3.05) is 19.0 Å². The molecule has 0 bridgehead atoms. The summed E-state index contributed by atoms with van der Waals surface area (Å²) in [6.45, 7) is 5.99. The van der Waals surface area contributed by atoms with Gasteiger partial charge >= 0.3 is 0 Å². The average Bonchev–Trinajstić information content (AvgIpc) is 4.32. The van der Waals surface area contributed by atoms with Gasteiger partial charge in [0.1, 0.15) is 0 Å². The molecular formula is C66H43N7O4. The second kappa shape index (κ2) is 17.1. The number of imide groups is 2. The molecule has 1 aliphatic carbocycles. The molecule has 11 heteroatoms. The van der Waals surface area contributed by atoms with E-state index in [2.05, 4.69) is 94.4 Å². The Bertz CT molecular complexity index is 4460. The maximum Gasteiger partial charge on any atom is 0.263 e. The summed E-state index contributed by atoms with van der Waals surface area (Å²) < 4.78 is 2.06. The van der Waals surface area contributed by atoms with Crippen LogP contribution < -0.4 is 4.90 Å². The lowest BCUT2D eigenvalue weighted by Gasteiger charge is -2.31. The van der Waals surface area contributed by atoms with Crippen LogP contribution in [0.25, 0.3) is 66.4 Å². The molecule has 0 radical (unpaired) electrons. The molecule has 9 aromatic rings. The Morgan fingerprint density at radius 2 is 1.00 bits per heavy atom. The molecule has 2 atom stereocenters. The predicted octanol–water partition coefficient (Wildman–Crippen LogP) is 13.0. The highest BCUT2D eigenvalue weighted by Crippen LogP contribution is 2.52. The molecule has 2 unspecified atom stereocenters. The highest BCUT2D eigenvalue weighted by molar-refractivity contribution is 6.25. The van der Waals surface area contributed by atoms with Gasteiger partial charge in [0, 0.05) is 36.5 Å². The zero-order valence-electron chi connectivity index (χ0n) is 42.4. The molecule has 0 fully saturated rings. The lowest BCUT2D eigenvalue weighted by Crippen LogP contribution is -2.30. The van der Waals surface area contributed by atoms with Gasteiger partial charge < -0.3 is 9.47 Å². The van der Waals surface area contributed by atoms with Crippen molar-refractivity contribution < 1.29 is 19.2 Å². The Hall–Kier alpha value is -10.4. The van der Waals surface area contributed by atoms with Crippen LogP contribution in [-0.2, 0) is 0 Å². The third kappa shape index (κ3) is 6.79. The van der Waals surface area contributed by atoms with Crippen LogP contribution in [0.5, 0.6) is 0 Å². The first kappa shape index (κ1) is 46.4. The van der Waals surface area contributed by atoms with E-state index in [1.165, 1.54) is 14.1 Å². The van der Waals surface area contributed by atoms with Crippen molar-refractivity contribution in [1.82, 2.24) is 14.4 Å². The van der Waals surface area contributed by atoms with E-state index in [-0.39, 0.29) is 35.6 Å². The van der Waals surface area contributed by atoms with Crippen molar-refractivity contribution >= 4 is 62.4 Å². The number of anilines is 2. The maximum atomic E-state index is 13.8. The molecule has 0 spiro atoms. The molecule has 4 heterocycles. The van der Waals surface area contributed by atoms with Gasteiger partial charge in [-0.2, -0.15) is 15.8 Å². The molecule has 3 aliphatic heterocycles. The molecule has 13 rings (SSSR count). The number of carbonyl (C=O) groups is 4. The largest absolute Gasteiger partial charge is 0.333 e. The van der Waals surface area contributed by atoms with Gasteiger partial charge in [-0.05, 0) is 185 Å². The van der Waals surface area contributed by atoms with E-state index in [0.29, 0.717) is 50.3 Å². The Morgan fingerprint density at radius 3 is 1.57 bits per heavy atom. The standard InChI is InChI=1S/C66H43N7O4/c1-35-24-38(32-67)12-18-45(35)40-14-20-55-51(27-40)53-29-42(16-22-57(53)72(55)59-10-6-8-47-61(59)65(76)70(4)63(47)74)49-31-50(44(34-69)26-37(49)3)43-17-23-58-54(30-43)52-28-41(46-19-13-39(33-68)25-36(46)2)15-21-56(52)73(58)60-11-7-9-48-62(60)66(77)71(5)64(48)75/h6-31,54,58H,1-5H3. The minimum atomic E-state index is -0.367. The zero-order chi connectivity index (χ0) is 53.3. The topological polar surface area (TPSA) is 154 Å². The summed E-state index contributed by atoms with van der Waals surface area (Å²) >= 11 is 0. The van der Waals surface area contributed by atoms with Crippen molar-refractivity contribution in [2.24, 2.45) is 0 Å². The number of fused-ring (bicyclic) bond motifs is 8. The van der Waals surface area contributed by atoms with Crippen LogP contribution in [0, 0.1) is 54.8 Å². The van der Waals surface area contributed by atoms with Gasteiger partial charge in [-0.25, -0.2) is 0 Å². The molecule has 1 aromatic heterocycles. The Morgan fingerprint density at radius 1 is 0.468 bits per heavy atom. The molecule has 8 aromatic carbocycles. The number of hydrogen-bond acceptors (Lipinski definition) is 8. The van der Waals surface area contributed by atoms with Crippen molar-refractivity contribution in [3.05, 3.63) is 225 Å². The molecule has 4 aliphatic rings.